The van der Waals surface area contributed by atoms with Crippen molar-refractivity contribution < 1.29 is 13.9 Å². The highest BCUT2D eigenvalue weighted by atomic mass is 16.5. The number of hydrogen-bond donors (Lipinski definition) is 2. The summed E-state index contributed by atoms with van der Waals surface area (Å²) in [5, 5.41) is 6.58. The van der Waals surface area contributed by atoms with E-state index < -0.39 is 0 Å². The lowest BCUT2D eigenvalue weighted by Crippen LogP contribution is -2.30. The van der Waals surface area contributed by atoms with Gasteiger partial charge < -0.3 is 24.5 Å². The Morgan fingerprint density at radius 1 is 1.19 bits per heavy atom. The lowest BCUT2D eigenvalue weighted by atomic mass is 10.2. The third kappa shape index (κ3) is 6.44. The second kappa shape index (κ2) is 10.5. The van der Waals surface area contributed by atoms with E-state index in [0.29, 0.717) is 19.8 Å². The zero-order chi connectivity index (χ0) is 18.8. The number of anilines is 1. The predicted octanol–water partition coefficient (Wildman–Crippen LogP) is 3.89. The van der Waals surface area contributed by atoms with Crippen LogP contribution in [-0.2, 0) is 11.3 Å². The van der Waals surface area contributed by atoms with Gasteiger partial charge in [0.1, 0.15) is 17.3 Å². The standard InChI is InChI=1S/C20H29N3O3/c1-5-21-20(22-14-17-12-15(2)26-16(17)3)23-18-8-6-9-19(13-18)25-11-7-10-24-4/h6,8-9,12-13H,5,7,10-11,14H2,1-4H3,(H2,21,22,23). The van der Waals surface area contributed by atoms with Crippen LogP contribution in [0.5, 0.6) is 5.75 Å². The Hall–Kier alpha value is -2.47. The van der Waals surface area contributed by atoms with Crippen LogP contribution >= 0.6 is 0 Å². The van der Waals surface area contributed by atoms with Gasteiger partial charge in [0.15, 0.2) is 5.96 Å². The van der Waals surface area contributed by atoms with E-state index in [4.69, 9.17) is 13.9 Å². The first kappa shape index (κ1) is 19.8. The fraction of sp³-hybridized carbons (Fsp3) is 0.450. The Kier molecular flexibility index (Phi) is 8.02. The molecule has 0 unspecified atom stereocenters. The van der Waals surface area contributed by atoms with Crippen molar-refractivity contribution in [2.75, 3.05) is 32.2 Å². The van der Waals surface area contributed by atoms with Crippen LogP contribution in [0.4, 0.5) is 5.69 Å². The average Bonchev–Trinajstić information content (AvgIpc) is 2.94. The van der Waals surface area contributed by atoms with E-state index in [2.05, 4.69) is 15.6 Å². The summed E-state index contributed by atoms with van der Waals surface area (Å²) in [5.41, 5.74) is 2.02. The van der Waals surface area contributed by atoms with Crippen LogP contribution in [0.2, 0.25) is 0 Å². The van der Waals surface area contributed by atoms with Gasteiger partial charge in [-0.3, -0.25) is 0 Å². The summed E-state index contributed by atoms with van der Waals surface area (Å²) in [6.07, 6.45) is 0.863. The number of guanidine groups is 1. The molecule has 0 saturated carbocycles. The number of aliphatic imine (C=N–C) groups is 1. The minimum Gasteiger partial charge on any atom is -0.493 e. The lowest BCUT2D eigenvalue weighted by molar-refractivity contribution is 0.172. The third-order valence-electron chi connectivity index (χ3n) is 3.75. The topological polar surface area (TPSA) is 68.0 Å². The molecule has 0 fully saturated rings. The number of furan rings is 1. The molecule has 2 aromatic rings. The molecular weight excluding hydrogens is 330 g/mol. The van der Waals surface area contributed by atoms with Gasteiger partial charge >= 0.3 is 0 Å². The second-order valence-corrected chi connectivity index (χ2v) is 5.98. The van der Waals surface area contributed by atoms with Crippen LogP contribution in [0.1, 0.15) is 30.4 Å². The quantitative estimate of drug-likeness (QED) is 0.404. The van der Waals surface area contributed by atoms with Crippen molar-refractivity contribution in [2.24, 2.45) is 4.99 Å². The van der Waals surface area contributed by atoms with Gasteiger partial charge in [-0.05, 0) is 39.0 Å². The van der Waals surface area contributed by atoms with Crippen LogP contribution in [0, 0.1) is 13.8 Å². The number of nitrogens with one attached hydrogen (secondary N) is 2. The monoisotopic (exact) mass is 359 g/mol. The van der Waals surface area contributed by atoms with Crippen LogP contribution in [0.3, 0.4) is 0 Å². The van der Waals surface area contributed by atoms with E-state index >= 15 is 0 Å². The smallest absolute Gasteiger partial charge is 0.196 e. The van der Waals surface area contributed by atoms with Crippen molar-refractivity contribution in [1.29, 1.82) is 0 Å². The summed E-state index contributed by atoms with van der Waals surface area (Å²) >= 11 is 0. The van der Waals surface area contributed by atoms with Crippen molar-refractivity contribution in [3.63, 3.8) is 0 Å². The van der Waals surface area contributed by atoms with E-state index in [1.54, 1.807) is 7.11 Å². The Labute approximate surface area is 155 Å². The normalized spacial score (nSPS) is 11.5. The molecule has 0 spiro atoms. The highest BCUT2D eigenvalue weighted by molar-refractivity contribution is 5.93. The minimum atomic E-state index is 0.561. The number of ether oxygens (including phenoxy) is 2. The lowest BCUT2D eigenvalue weighted by Gasteiger charge is -2.13. The fourth-order valence-corrected chi connectivity index (χ4v) is 2.51. The SMILES string of the molecule is CCNC(=NCc1cc(C)oc1C)Nc1cccc(OCCCOC)c1. The largest absolute Gasteiger partial charge is 0.493 e. The maximum atomic E-state index is 5.75. The number of methoxy groups -OCH3 is 1. The van der Waals surface area contributed by atoms with Gasteiger partial charge in [0, 0.05) is 44.0 Å². The molecule has 2 rings (SSSR count). The molecule has 0 atom stereocenters. The number of rotatable bonds is 9. The van der Waals surface area contributed by atoms with Crippen LogP contribution in [-0.4, -0.2) is 32.8 Å². The highest BCUT2D eigenvalue weighted by Crippen LogP contribution is 2.18. The Bertz CT molecular complexity index is 710. The molecule has 6 heteroatoms. The number of nitrogens with zero attached hydrogens (tertiary/aromatic N) is 1. The van der Waals surface area contributed by atoms with Crippen LogP contribution in [0.25, 0.3) is 0 Å². The first-order chi connectivity index (χ1) is 12.6. The summed E-state index contributed by atoms with van der Waals surface area (Å²) < 4.78 is 16.3. The van der Waals surface area contributed by atoms with Crippen molar-refractivity contribution in [1.82, 2.24) is 5.32 Å². The maximum Gasteiger partial charge on any atom is 0.196 e. The van der Waals surface area contributed by atoms with Gasteiger partial charge in [-0.15, -0.1) is 0 Å². The molecule has 142 valence electrons. The Morgan fingerprint density at radius 2 is 2.04 bits per heavy atom. The van der Waals surface area contributed by atoms with Crippen LogP contribution in [0.15, 0.2) is 39.7 Å². The van der Waals surface area contributed by atoms with Gasteiger partial charge in [-0.2, -0.15) is 0 Å². The van der Waals surface area contributed by atoms with Crippen molar-refractivity contribution in [3.05, 3.63) is 47.4 Å². The number of hydrogen-bond acceptors (Lipinski definition) is 4. The van der Waals surface area contributed by atoms with Gasteiger partial charge in [0.2, 0.25) is 0 Å². The molecule has 1 aromatic carbocycles. The van der Waals surface area contributed by atoms with E-state index in [9.17, 15) is 0 Å². The average molecular weight is 359 g/mol. The molecule has 0 aliphatic carbocycles. The van der Waals surface area contributed by atoms with Gasteiger partial charge in [0.25, 0.3) is 0 Å². The van der Waals surface area contributed by atoms with E-state index in [1.165, 1.54) is 0 Å². The molecule has 0 saturated heterocycles. The summed E-state index contributed by atoms with van der Waals surface area (Å²) in [7, 11) is 1.69. The number of aryl methyl sites for hydroxylation is 2. The Balaban J connectivity index is 2.00. The van der Waals surface area contributed by atoms with E-state index in [1.807, 2.05) is 51.1 Å². The predicted molar refractivity (Wildman–Crippen MR) is 105 cm³/mol. The first-order valence-electron chi connectivity index (χ1n) is 8.95. The molecule has 26 heavy (non-hydrogen) atoms. The molecule has 0 bridgehead atoms. The molecule has 0 aliphatic heterocycles. The molecule has 6 nitrogen and oxygen atoms in total. The van der Waals surface area contributed by atoms with Crippen molar-refractivity contribution in [2.45, 2.75) is 33.7 Å². The molecule has 2 N–H and O–H groups in total. The molecule has 1 heterocycles. The van der Waals surface area contributed by atoms with Crippen LogP contribution < -0.4 is 15.4 Å². The summed E-state index contributed by atoms with van der Waals surface area (Å²) in [6, 6.07) is 9.88. The minimum absolute atomic E-state index is 0.561. The van der Waals surface area contributed by atoms with Crippen molar-refractivity contribution in [3.8, 4) is 5.75 Å². The van der Waals surface area contributed by atoms with E-state index in [0.717, 1.165) is 47.4 Å². The van der Waals surface area contributed by atoms with Gasteiger partial charge in [-0.1, -0.05) is 6.07 Å². The number of benzene rings is 1. The zero-order valence-corrected chi connectivity index (χ0v) is 16.1. The van der Waals surface area contributed by atoms with Gasteiger partial charge in [0.05, 0.1) is 13.2 Å². The maximum absolute atomic E-state index is 5.75. The molecule has 1 aromatic heterocycles. The van der Waals surface area contributed by atoms with Gasteiger partial charge in [-0.25, -0.2) is 4.99 Å². The fourth-order valence-electron chi connectivity index (χ4n) is 2.51. The molecule has 0 aliphatic rings. The second-order valence-electron chi connectivity index (χ2n) is 5.98. The summed E-state index contributed by atoms with van der Waals surface area (Å²) in [6.45, 7) is 8.62. The third-order valence-corrected chi connectivity index (χ3v) is 3.75. The molecule has 0 amide bonds. The molecular formula is C20H29N3O3. The zero-order valence-electron chi connectivity index (χ0n) is 16.1. The molecule has 0 radical (unpaired) electrons. The van der Waals surface area contributed by atoms with Crippen molar-refractivity contribution >= 4 is 11.6 Å². The summed E-state index contributed by atoms with van der Waals surface area (Å²) in [4.78, 5) is 4.65. The highest BCUT2D eigenvalue weighted by Gasteiger charge is 2.05. The van der Waals surface area contributed by atoms with E-state index in [-0.39, 0.29) is 0 Å². The Morgan fingerprint density at radius 3 is 2.73 bits per heavy atom. The first-order valence-corrected chi connectivity index (χ1v) is 8.95. The summed E-state index contributed by atoms with van der Waals surface area (Å²) in [5.74, 6) is 3.36.